The van der Waals surface area contributed by atoms with Gasteiger partial charge in [0.1, 0.15) is 0 Å². The van der Waals surface area contributed by atoms with Gasteiger partial charge in [-0.2, -0.15) is 5.10 Å². The molecule has 4 rings (SSSR count). The van der Waals surface area contributed by atoms with Crippen molar-refractivity contribution >= 4 is 28.4 Å². The van der Waals surface area contributed by atoms with Crippen LogP contribution < -0.4 is 10.2 Å². The highest BCUT2D eigenvalue weighted by Gasteiger charge is 2.27. The molecule has 0 bridgehead atoms. The van der Waals surface area contributed by atoms with Gasteiger partial charge in [-0.3, -0.25) is 19.3 Å². The Morgan fingerprint density at radius 2 is 1.78 bits per heavy atom. The minimum atomic E-state index is -0.0705. The van der Waals surface area contributed by atoms with Gasteiger partial charge in [-0.25, -0.2) is 5.01 Å². The summed E-state index contributed by atoms with van der Waals surface area (Å²) in [6.45, 7) is 9.32. The number of anilines is 1. The van der Waals surface area contributed by atoms with Crippen LogP contribution in [0.3, 0.4) is 0 Å². The summed E-state index contributed by atoms with van der Waals surface area (Å²) < 4.78 is 1.96. The number of nitrogens with zero attached hydrogens (tertiary/aromatic N) is 5. The fraction of sp³-hybridized carbons (Fsp3) is 0.464. The van der Waals surface area contributed by atoms with Crippen LogP contribution in [0.2, 0.25) is 0 Å². The largest absolute Gasteiger partial charge is 0.355 e. The number of carbonyl (C=O) groups is 2. The van der Waals surface area contributed by atoms with E-state index in [1.54, 1.807) is 5.01 Å². The van der Waals surface area contributed by atoms with Crippen molar-refractivity contribution in [2.45, 2.75) is 59.7 Å². The number of unbranched alkanes of at least 4 members (excludes halogenated alkanes) is 2. The maximum absolute atomic E-state index is 13.5. The maximum atomic E-state index is 13.5. The van der Waals surface area contributed by atoms with Gasteiger partial charge in [-0.15, -0.1) is 0 Å². The van der Waals surface area contributed by atoms with Crippen LogP contribution in [-0.2, 0) is 29.2 Å². The molecule has 2 amide bonds. The van der Waals surface area contributed by atoms with Gasteiger partial charge in [0, 0.05) is 44.3 Å². The number of hydrazine groups is 1. The van der Waals surface area contributed by atoms with E-state index in [0.29, 0.717) is 19.6 Å². The Morgan fingerprint density at radius 3 is 2.44 bits per heavy atom. The standard InChI is InChI=1S/C28H38N6O2/c1-5-7-10-13-29-27(35)19-32(25-15-24-16-30-34(6-2)26(24)14-21(25)3)20-28(36)31(4)33-17-22-11-8-9-12-23(22)18-33/h8-9,11-12,14-16H,5-7,10,13,17-20H2,1-4H3,(H,29,35). The third-order valence-electron chi connectivity index (χ3n) is 6.97. The average Bonchev–Trinajstić information content (AvgIpc) is 3.48. The van der Waals surface area contributed by atoms with Gasteiger partial charge in [-0.05, 0) is 49.1 Å². The van der Waals surface area contributed by atoms with Crippen LogP contribution in [0.1, 0.15) is 49.8 Å². The smallest absolute Gasteiger partial charge is 0.256 e. The summed E-state index contributed by atoms with van der Waals surface area (Å²) in [6.07, 6.45) is 5.00. The number of rotatable bonds is 11. The number of fused-ring (bicyclic) bond motifs is 2. The predicted molar refractivity (Wildman–Crippen MR) is 143 cm³/mol. The van der Waals surface area contributed by atoms with E-state index in [2.05, 4.69) is 47.5 Å². The van der Waals surface area contributed by atoms with E-state index in [9.17, 15) is 9.59 Å². The maximum Gasteiger partial charge on any atom is 0.256 e. The lowest BCUT2D eigenvalue weighted by Crippen LogP contribution is -2.48. The summed E-state index contributed by atoms with van der Waals surface area (Å²) in [5, 5.41) is 12.3. The number of benzene rings is 2. The highest BCUT2D eigenvalue weighted by molar-refractivity contribution is 5.90. The third-order valence-corrected chi connectivity index (χ3v) is 6.97. The molecule has 0 unspecified atom stereocenters. The number of nitrogens with one attached hydrogen (secondary N) is 1. The Morgan fingerprint density at radius 1 is 1.06 bits per heavy atom. The highest BCUT2D eigenvalue weighted by atomic mass is 16.2. The highest BCUT2D eigenvalue weighted by Crippen LogP contribution is 2.28. The molecule has 1 aliphatic rings. The van der Waals surface area contributed by atoms with Crippen molar-refractivity contribution < 1.29 is 9.59 Å². The molecule has 0 aliphatic carbocycles. The SMILES string of the molecule is CCCCCNC(=O)CN(CC(=O)N(C)N1Cc2ccccc2C1)c1cc2cnn(CC)c2cc1C. The second-order valence-electron chi connectivity index (χ2n) is 9.58. The van der Waals surface area contributed by atoms with Crippen LogP contribution in [0, 0.1) is 6.92 Å². The lowest BCUT2D eigenvalue weighted by molar-refractivity contribution is -0.145. The first kappa shape index (κ1) is 25.7. The number of aromatic nitrogens is 2. The predicted octanol–water partition coefficient (Wildman–Crippen LogP) is 3.87. The third kappa shape index (κ3) is 5.70. The Labute approximate surface area is 213 Å². The number of aryl methyl sites for hydroxylation is 2. The summed E-state index contributed by atoms with van der Waals surface area (Å²) in [6, 6.07) is 12.4. The Bertz CT molecular complexity index is 1190. The molecule has 0 fully saturated rings. The van der Waals surface area contributed by atoms with E-state index in [0.717, 1.165) is 48.0 Å². The first-order valence-electron chi connectivity index (χ1n) is 13.0. The van der Waals surface area contributed by atoms with Crippen LogP contribution in [-0.4, -0.2) is 58.3 Å². The van der Waals surface area contributed by atoms with Crippen LogP contribution >= 0.6 is 0 Å². The molecule has 0 saturated heterocycles. The fourth-order valence-electron chi connectivity index (χ4n) is 4.82. The quantitative estimate of drug-likeness (QED) is 0.413. The van der Waals surface area contributed by atoms with Crippen molar-refractivity contribution in [3.8, 4) is 0 Å². The number of carbonyl (C=O) groups excluding carboxylic acids is 2. The van der Waals surface area contributed by atoms with Gasteiger partial charge in [0.25, 0.3) is 5.91 Å². The van der Waals surface area contributed by atoms with Crippen LogP contribution in [0.5, 0.6) is 0 Å². The van der Waals surface area contributed by atoms with Gasteiger partial charge in [0.2, 0.25) is 5.91 Å². The molecule has 1 N–H and O–H groups in total. The van der Waals surface area contributed by atoms with Crippen LogP contribution in [0.25, 0.3) is 10.9 Å². The monoisotopic (exact) mass is 490 g/mol. The molecular weight excluding hydrogens is 452 g/mol. The summed E-state index contributed by atoms with van der Waals surface area (Å²) in [7, 11) is 1.82. The summed E-state index contributed by atoms with van der Waals surface area (Å²) in [5.41, 5.74) is 5.44. The van der Waals surface area contributed by atoms with Gasteiger partial charge in [0.05, 0.1) is 24.8 Å². The topological polar surface area (TPSA) is 73.7 Å². The molecule has 1 aromatic heterocycles. The molecule has 8 heteroatoms. The lowest BCUT2D eigenvalue weighted by Gasteiger charge is -2.32. The molecule has 0 atom stereocenters. The molecular formula is C28H38N6O2. The molecule has 0 radical (unpaired) electrons. The van der Waals surface area contributed by atoms with Crippen molar-refractivity contribution in [1.82, 2.24) is 25.1 Å². The average molecular weight is 491 g/mol. The second kappa shape index (κ2) is 11.6. The summed E-state index contributed by atoms with van der Waals surface area (Å²) in [5.74, 6) is -0.121. The molecule has 1 aliphatic heterocycles. The van der Waals surface area contributed by atoms with Crippen LogP contribution in [0.15, 0.2) is 42.6 Å². The van der Waals surface area contributed by atoms with E-state index in [1.165, 1.54) is 11.1 Å². The molecule has 192 valence electrons. The minimum absolute atomic E-state index is 0.0506. The molecule has 2 heterocycles. The normalized spacial score (nSPS) is 13.1. The Kier molecular flexibility index (Phi) is 8.25. The molecule has 0 spiro atoms. The van der Waals surface area contributed by atoms with Crippen molar-refractivity contribution in [3.63, 3.8) is 0 Å². The molecule has 36 heavy (non-hydrogen) atoms. The number of hydrogen-bond donors (Lipinski definition) is 1. The van der Waals surface area contributed by atoms with Gasteiger partial charge in [-0.1, -0.05) is 44.0 Å². The molecule has 0 saturated carbocycles. The van der Waals surface area contributed by atoms with Crippen molar-refractivity contribution in [1.29, 1.82) is 0 Å². The van der Waals surface area contributed by atoms with Gasteiger partial charge >= 0.3 is 0 Å². The van der Waals surface area contributed by atoms with E-state index < -0.39 is 0 Å². The Balaban J connectivity index is 1.53. The van der Waals surface area contributed by atoms with Crippen molar-refractivity contribution in [3.05, 3.63) is 59.3 Å². The minimum Gasteiger partial charge on any atom is -0.355 e. The van der Waals surface area contributed by atoms with E-state index in [-0.39, 0.29) is 24.9 Å². The first-order valence-corrected chi connectivity index (χ1v) is 13.0. The summed E-state index contributed by atoms with van der Waals surface area (Å²) in [4.78, 5) is 28.2. The zero-order valence-electron chi connectivity index (χ0n) is 22.0. The molecule has 3 aromatic rings. The van der Waals surface area contributed by atoms with Crippen LogP contribution in [0.4, 0.5) is 5.69 Å². The zero-order chi connectivity index (χ0) is 25.7. The fourth-order valence-corrected chi connectivity index (χ4v) is 4.82. The molecule has 8 nitrogen and oxygen atoms in total. The van der Waals surface area contributed by atoms with E-state index in [1.807, 2.05) is 47.9 Å². The van der Waals surface area contributed by atoms with Crippen molar-refractivity contribution in [2.75, 3.05) is 31.6 Å². The zero-order valence-corrected chi connectivity index (χ0v) is 22.0. The lowest BCUT2D eigenvalue weighted by atomic mass is 10.1. The second-order valence-corrected chi connectivity index (χ2v) is 9.58. The van der Waals surface area contributed by atoms with Gasteiger partial charge in [0.15, 0.2) is 0 Å². The number of likely N-dealkylation sites (N-methyl/N-ethyl adjacent to an activating group) is 1. The van der Waals surface area contributed by atoms with E-state index >= 15 is 0 Å². The first-order chi connectivity index (χ1) is 17.4. The number of hydrogen-bond acceptors (Lipinski definition) is 5. The number of amides is 2. The van der Waals surface area contributed by atoms with Gasteiger partial charge < -0.3 is 10.2 Å². The molecule has 2 aromatic carbocycles. The summed E-state index contributed by atoms with van der Waals surface area (Å²) >= 11 is 0. The van der Waals surface area contributed by atoms with E-state index in [4.69, 9.17) is 0 Å². The Hall–Kier alpha value is -3.39. The van der Waals surface area contributed by atoms with Crippen molar-refractivity contribution in [2.24, 2.45) is 0 Å².